The van der Waals surface area contributed by atoms with Gasteiger partial charge in [0.1, 0.15) is 19.3 Å². The highest BCUT2D eigenvalue weighted by Crippen LogP contribution is 2.45. The summed E-state index contributed by atoms with van der Waals surface area (Å²) in [5, 5.41) is 10.6. The van der Waals surface area contributed by atoms with Gasteiger partial charge in [-0.15, -0.1) is 0 Å². The molecule has 0 heterocycles. The smallest absolute Gasteiger partial charge is 0.462 e. The summed E-state index contributed by atoms with van der Waals surface area (Å²) < 4.78 is 68.7. The average Bonchev–Trinajstić information content (AvgIpc) is 0.987. The third-order valence-corrected chi connectivity index (χ3v) is 21.7. The van der Waals surface area contributed by atoms with E-state index < -0.39 is 97.5 Å². The highest BCUT2D eigenvalue weighted by Gasteiger charge is 2.30. The van der Waals surface area contributed by atoms with Gasteiger partial charge >= 0.3 is 39.5 Å². The van der Waals surface area contributed by atoms with Gasteiger partial charge in [-0.25, -0.2) is 9.13 Å². The second-order valence-electron chi connectivity index (χ2n) is 31.0. The van der Waals surface area contributed by atoms with E-state index in [0.29, 0.717) is 25.7 Å². The second-order valence-corrected chi connectivity index (χ2v) is 33.9. The Bertz CT molecular complexity index is 1980. The molecule has 0 saturated carbocycles. The lowest BCUT2D eigenvalue weighted by molar-refractivity contribution is -0.161. The number of hydrogen-bond donors (Lipinski definition) is 3. The first-order valence-electron chi connectivity index (χ1n) is 42.3. The molecule has 3 N–H and O–H groups in total. The zero-order valence-electron chi connectivity index (χ0n) is 66.5. The molecule has 0 aliphatic carbocycles. The van der Waals surface area contributed by atoms with Crippen LogP contribution in [0.5, 0.6) is 0 Å². The largest absolute Gasteiger partial charge is 0.472 e. The number of unbranched alkanes of at least 4 members (excludes halogenated alkanes) is 43. The van der Waals surface area contributed by atoms with Gasteiger partial charge in [-0.1, -0.05) is 370 Å². The number of aliphatic hydroxyl groups is 1. The van der Waals surface area contributed by atoms with Gasteiger partial charge in [-0.3, -0.25) is 37.3 Å². The number of carbonyl (C=O) groups is 4. The predicted molar refractivity (Wildman–Crippen MR) is 414 cm³/mol. The summed E-state index contributed by atoms with van der Waals surface area (Å²) in [5.74, 6) is 1.03. The number of phosphoric acid groups is 2. The first kappa shape index (κ1) is 99.1. The first-order chi connectivity index (χ1) is 48.7. The minimum Gasteiger partial charge on any atom is -0.462 e. The van der Waals surface area contributed by atoms with Crippen LogP contribution >= 0.6 is 15.6 Å². The van der Waals surface area contributed by atoms with Gasteiger partial charge in [0.2, 0.25) is 0 Å². The third-order valence-electron chi connectivity index (χ3n) is 19.8. The maximum Gasteiger partial charge on any atom is 0.472 e. The standard InChI is InChI=1S/C82H160O17P2/c1-9-74(7)60-52-44-36-30-24-20-15-13-11-12-14-16-21-25-31-38-48-56-65-82(87)99-78(69-93-80(85)63-55-47-41-40-45-53-61-75(8)10-2)71-97-101(90,91)95-67-76(83)66-94-100(88,89)96-70-77(68-92-79(84)62-54-46-37-33-27-29-35-43-51-59-73(5)6)98-81(86)64-57-49-39-32-26-22-18-17-19-23-28-34-42-50-58-72(3)4/h72-78,83H,9-71H2,1-8H3,(H,88,89)(H,90,91)/t74?,75?,76-,77-,78-/m1/s1. The molecule has 101 heavy (non-hydrogen) atoms. The lowest BCUT2D eigenvalue weighted by Gasteiger charge is -2.21. The maximum atomic E-state index is 13.1. The Morgan fingerprint density at radius 2 is 0.475 bits per heavy atom. The number of carbonyl (C=O) groups excluding carboxylic acids is 4. The third kappa shape index (κ3) is 73.4. The first-order valence-corrected chi connectivity index (χ1v) is 45.3. The van der Waals surface area contributed by atoms with Gasteiger partial charge in [0.15, 0.2) is 12.2 Å². The fourth-order valence-electron chi connectivity index (χ4n) is 12.5. The van der Waals surface area contributed by atoms with Gasteiger partial charge < -0.3 is 33.8 Å². The Morgan fingerprint density at radius 3 is 0.703 bits per heavy atom. The number of hydrogen-bond acceptors (Lipinski definition) is 15. The van der Waals surface area contributed by atoms with E-state index in [1.807, 2.05) is 0 Å². The van der Waals surface area contributed by atoms with Crippen molar-refractivity contribution in [1.29, 1.82) is 0 Å². The molecule has 0 aliphatic heterocycles. The molecular formula is C82H160O17P2. The monoisotopic (exact) mass is 1480 g/mol. The molecule has 0 saturated heterocycles. The van der Waals surface area contributed by atoms with E-state index in [0.717, 1.165) is 120 Å². The number of aliphatic hydroxyl groups excluding tert-OH is 1. The fourth-order valence-corrected chi connectivity index (χ4v) is 14.1. The molecule has 0 aromatic heterocycles. The fraction of sp³-hybridized carbons (Fsp3) is 0.951. The number of esters is 4. The Balaban J connectivity index is 5.19. The number of rotatable bonds is 79. The molecule has 0 radical (unpaired) electrons. The van der Waals surface area contributed by atoms with Crippen molar-refractivity contribution in [3.05, 3.63) is 0 Å². The Hall–Kier alpha value is -1.94. The van der Waals surface area contributed by atoms with Gasteiger partial charge in [0, 0.05) is 25.7 Å². The molecule has 0 amide bonds. The van der Waals surface area contributed by atoms with Gasteiger partial charge in [-0.2, -0.15) is 0 Å². The molecule has 7 atom stereocenters. The van der Waals surface area contributed by atoms with Crippen LogP contribution in [0.1, 0.15) is 421 Å². The van der Waals surface area contributed by atoms with Gasteiger partial charge in [0.05, 0.1) is 26.4 Å². The predicted octanol–water partition coefficient (Wildman–Crippen LogP) is 24.4. The summed E-state index contributed by atoms with van der Waals surface area (Å²) in [5.41, 5.74) is 0. The van der Waals surface area contributed by atoms with Gasteiger partial charge in [-0.05, 0) is 49.4 Å². The van der Waals surface area contributed by atoms with Crippen molar-refractivity contribution in [3.63, 3.8) is 0 Å². The van der Waals surface area contributed by atoms with Crippen LogP contribution in [0, 0.1) is 23.7 Å². The van der Waals surface area contributed by atoms with Crippen LogP contribution in [0.4, 0.5) is 0 Å². The van der Waals surface area contributed by atoms with Crippen molar-refractivity contribution in [3.8, 4) is 0 Å². The average molecular weight is 1480 g/mol. The van der Waals surface area contributed by atoms with Crippen LogP contribution in [0.3, 0.4) is 0 Å². The zero-order valence-corrected chi connectivity index (χ0v) is 68.3. The summed E-state index contributed by atoms with van der Waals surface area (Å²) in [6.07, 6.45) is 58.4. The van der Waals surface area contributed by atoms with Crippen LogP contribution in [-0.4, -0.2) is 96.7 Å². The van der Waals surface area contributed by atoms with E-state index in [1.54, 1.807) is 0 Å². The SMILES string of the molecule is CCC(C)CCCCCCCCCCCCCCCCCCCCC(=O)O[C@H](COC(=O)CCCCCCCCC(C)CC)COP(=O)(O)OC[C@H](O)COP(=O)(O)OC[C@@H](COC(=O)CCCCCCCCCCCC(C)C)OC(=O)CCCCCCCCCCCCCCCCC(C)C. The highest BCUT2D eigenvalue weighted by molar-refractivity contribution is 7.47. The summed E-state index contributed by atoms with van der Waals surface area (Å²) in [7, 11) is -9.92. The molecule has 0 spiro atoms. The minimum atomic E-state index is -4.96. The number of ether oxygens (including phenoxy) is 4. The van der Waals surface area contributed by atoms with Gasteiger partial charge in [0.25, 0.3) is 0 Å². The highest BCUT2D eigenvalue weighted by atomic mass is 31.2. The van der Waals surface area contributed by atoms with E-state index >= 15 is 0 Å². The van der Waals surface area contributed by atoms with Crippen LogP contribution in [-0.2, 0) is 65.4 Å². The summed E-state index contributed by atoms with van der Waals surface area (Å²) in [6.45, 7) is 14.3. The molecular weight excluding hydrogens is 1320 g/mol. The topological polar surface area (TPSA) is 237 Å². The molecule has 4 unspecified atom stereocenters. The van der Waals surface area contributed by atoms with Crippen molar-refractivity contribution < 1.29 is 80.2 Å². The molecule has 0 aromatic carbocycles. The molecule has 19 heteroatoms. The van der Waals surface area contributed by atoms with Crippen LogP contribution in [0.2, 0.25) is 0 Å². The summed E-state index contributed by atoms with van der Waals surface area (Å²) in [6, 6.07) is 0. The van der Waals surface area contributed by atoms with Crippen molar-refractivity contribution >= 4 is 39.5 Å². The van der Waals surface area contributed by atoms with E-state index in [-0.39, 0.29) is 25.7 Å². The molecule has 0 fully saturated rings. The van der Waals surface area contributed by atoms with Crippen LogP contribution in [0.25, 0.3) is 0 Å². The normalized spacial score (nSPS) is 14.5. The Kier molecular flexibility index (Phi) is 69.6. The van der Waals surface area contributed by atoms with Crippen LogP contribution < -0.4 is 0 Å². The lowest BCUT2D eigenvalue weighted by atomic mass is 9.99. The molecule has 0 aliphatic rings. The molecule has 0 rings (SSSR count). The van der Waals surface area contributed by atoms with Crippen molar-refractivity contribution in [2.75, 3.05) is 39.6 Å². The molecule has 17 nitrogen and oxygen atoms in total. The quantitative estimate of drug-likeness (QED) is 0.0222. The Morgan fingerprint density at radius 1 is 0.277 bits per heavy atom. The van der Waals surface area contributed by atoms with Crippen molar-refractivity contribution in [2.24, 2.45) is 23.7 Å². The van der Waals surface area contributed by atoms with Crippen molar-refractivity contribution in [2.45, 2.75) is 440 Å². The molecule has 600 valence electrons. The number of phosphoric ester groups is 2. The van der Waals surface area contributed by atoms with Crippen molar-refractivity contribution in [1.82, 2.24) is 0 Å². The van der Waals surface area contributed by atoms with Crippen LogP contribution in [0.15, 0.2) is 0 Å². The minimum absolute atomic E-state index is 0.107. The lowest BCUT2D eigenvalue weighted by Crippen LogP contribution is -2.30. The summed E-state index contributed by atoms with van der Waals surface area (Å²) >= 11 is 0. The van der Waals surface area contributed by atoms with E-state index in [9.17, 15) is 43.2 Å². The van der Waals surface area contributed by atoms with E-state index in [1.165, 1.54) is 218 Å². The van der Waals surface area contributed by atoms with E-state index in [2.05, 4.69) is 55.4 Å². The molecule has 0 aromatic rings. The van der Waals surface area contributed by atoms with E-state index in [4.69, 9.17) is 37.0 Å². The molecule has 0 bridgehead atoms. The summed E-state index contributed by atoms with van der Waals surface area (Å²) in [4.78, 5) is 73.0. The maximum absolute atomic E-state index is 13.1. The Labute approximate surface area is 619 Å². The zero-order chi connectivity index (χ0) is 74.6. The second kappa shape index (κ2) is 71.0.